The number of hydrogen-bond acceptors (Lipinski definition) is 3. The minimum atomic E-state index is -0.214. The quantitative estimate of drug-likeness (QED) is 0.915. The highest BCUT2D eigenvalue weighted by molar-refractivity contribution is 6.00. The third kappa shape index (κ3) is 2.61. The minimum absolute atomic E-state index is 0.0455. The molecule has 1 aliphatic rings. The molecule has 0 unspecified atom stereocenters. The lowest BCUT2D eigenvalue weighted by Gasteiger charge is -2.27. The summed E-state index contributed by atoms with van der Waals surface area (Å²) in [5.74, 6) is 0.382. The molecule has 0 aromatic heterocycles. The molecule has 0 radical (unpaired) electrons. The van der Waals surface area contributed by atoms with Crippen LogP contribution in [0, 0.1) is 0 Å². The Morgan fingerprint density at radius 1 is 1.18 bits per heavy atom. The highest BCUT2D eigenvalue weighted by atomic mass is 16.5. The van der Waals surface area contributed by atoms with Gasteiger partial charge in [0.2, 0.25) is 0 Å². The molecule has 0 spiro atoms. The van der Waals surface area contributed by atoms with Crippen LogP contribution in [0.1, 0.15) is 5.56 Å². The zero-order valence-corrected chi connectivity index (χ0v) is 12.1. The Morgan fingerprint density at radius 2 is 1.95 bits per heavy atom. The van der Waals surface area contributed by atoms with E-state index in [1.807, 2.05) is 36.4 Å². The molecule has 2 N–H and O–H groups in total. The molecule has 0 fully saturated rings. The second-order valence-corrected chi connectivity index (χ2v) is 4.88. The highest BCUT2D eigenvalue weighted by Gasteiger charge is 2.22. The molecule has 0 saturated heterocycles. The Labute approximate surface area is 128 Å². The van der Waals surface area contributed by atoms with Crippen molar-refractivity contribution in [3.63, 3.8) is 0 Å². The normalized spacial score (nSPS) is 14.3. The lowest BCUT2D eigenvalue weighted by molar-refractivity contribution is 0.250. The first-order valence-corrected chi connectivity index (χ1v) is 6.90. The lowest BCUT2D eigenvalue weighted by atomic mass is 10.1. The Kier molecular flexibility index (Phi) is 3.70. The van der Waals surface area contributed by atoms with Crippen LogP contribution >= 0.6 is 0 Å². The molecule has 3 rings (SSSR count). The number of methoxy groups -OCH3 is 1. The van der Waals surface area contributed by atoms with Gasteiger partial charge in [0.15, 0.2) is 11.5 Å². The van der Waals surface area contributed by atoms with Crippen molar-refractivity contribution in [2.75, 3.05) is 18.6 Å². The first kappa shape index (κ1) is 14.0. The number of ether oxygens (including phenoxy) is 1. The topological polar surface area (TPSA) is 61.8 Å². The maximum absolute atomic E-state index is 12.3. The van der Waals surface area contributed by atoms with Crippen LogP contribution in [0.4, 0.5) is 10.5 Å². The molecule has 0 aliphatic carbocycles. The van der Waals surface area contributed by atoms with Crippen LogP contribution in [0.3, 0.4) is 0 Å². The third-order valence-electron chi connectivity index (χ3n) is 3.52. The second kappa shape index (κ2) is 5.81. The molecular formula is C17H16N2O3. The van der Waals surface area contributed by atoms with Gasteiger partial charge in [0.25, 0.3) is 0 Å². The summed E-state index contributed by atoms with van der Waals surface area (Å²) in [6, 6.07) is 14.3. The number of hydrogen-bond donors (Lipinski definition) is 2. The van der Waals surface area contributed by atoms with E-state index in [1.165, 1.54) is 13.2 Å². The molecule has 2 aromatic carbocycles. The van der Waals surface area contributed by atoms with Gasteiger partial charge in [-0.25, -0.2) is 4.79 Å². The predicted molar refractivity (Wildman–Crippen MR) is 85.0 cm³/mol. The molecule has 0 atom stereocenters. The monoisotopic (exact) mass is 296 g/mol. The van der Waals surface area contributed by atoms with Gasteiger partial charge in [-0.05, 0) is 23.8 Å². The number of carbonyl (C=O) groups excluding carboxylic acids is 1. The van der Waals surface area contributed by atoms with E-state index in [0.29, 0.717) is 18.0 Å². The zero-order chi connectivity index (χ0) is 15.5. The largest absolute Gasteiger partial charge is 0.504 e. The fraction of sp³-hybridized carbons (Fsp3) is 0.118. The SMILES string of the molecule is COc1cc(N2CC=C(c3ccccc3)NC2=O)ccc1O. The number of anilines is 1. The summed E-state index contributed by atoms with van der Waals surface area (Å²) < 4.78 is 5.08. The van der Waals surface area contributed by atoms with Gasteiger partial charge in [0.05, 0.1) is 7.11 Å². The van der Waals surface area contributed by atoms with Gasteiger partial charge in [-0.15, -0.1) is 0 Å². The van der Waals surface area contributed by atoms with Crippen molar-refractivity contribution >= 4 is 17.4 Å². The van der Waals surface area contributed by atoms with Crippen LogP contribution < -0.4 is 15.0 Å². The van der Waals surface area contributed by atoms with Crippen LogP contribution in [0.5, 0.6) is 11.5 Å². The predicted octanol–water partition coefficient (Wildman–Crippen LogP) is 2.97. The number of phenolic OH excluding ortho intramolecular Hbond substituents is 1. The molecule has 22 heavy (non-hydrogen) atoms. The Balaban J connectivity index is 1.86. The molecule has 1 heterocycles. The smallest absolute Gasteiger partial charge is 0.326 e. The molecule has 2 amide bonds. The first-order valence-electron chi connectivity index (χ1n) is 6.90. The fourth-order valence-corrected chi connectivity index (χ4v) is 2.36. The summed E-state index contributed by atoms with van der Waals surface area (Å²) in [5, 5.41) is 12.5. The third-order valence-corrected chi connectivity index (χ3v) is 3.52. The van der Waals surface area contributed by atoms with Crippen LogP contribution in [0.25, 0.3) is 5.70 Å². The zero-order valence-electron chi connectivity index (χ0n) is 12.1. The average Bonchev–Trinajstić information content (AvgIpc) is 2.56. The van der Waals surface area contributed by atoms with Crippen molar-refractivity contribution in [2.24, 2.45) is 0 Å². The van der Waals surface area contributed by atoms with Crippen molar-refractivity contribution in [1.29, 1.82) is 0 Å². The number of nitrogens with zero attached hydrogens (tertiary/aromatic N) is 1. The molecular weight excluding hydrogens is 280 g/mol. The number of carbonyl (C=O) groups is 1. The molecule has 5 nitrogen and oxygen atoms in total. The van der Waals surface area contributed by atoms with Crippen LogP contribution in [0.15, 0.2) is 54.6 Å². The molecule has 1 aliphatic heterocycles. The average molecular weight is 296 g/mol. The van der Waals surface area contributed by atoms with Gasteiger partial charge in [0, 0.05) is 24.0 Å². The van der Waals surface area contributed by atoms with Crippen molar-refractivity contribution in [2.45, 2.75) is 0 Å². The van der Waals surface area contributed by atoms with E-state index in [1.54, 1.807) is 17.0 Å². The van der Waals surface area contributed by atoms with E-state index < -0.39 is 0 Å². The van der Waals surface area contributed by atoms with Gasteiger partial charge in [-0.1, -0.05) is 30.3 Å². The highest BCUT2D eigenvalue weighted by Crippen LogP contribution is 2.31. The van der Waals surface area contributed by atoms with Crippen molar-refractivity contribution in [3.8, 4) is 11.5 Å². The number of benzene rings is 2. The molecule has 0 saturated carbocycles. The summed E-state index contributed by atoms with van der Waals surface area (Å²) in [5.41, 5.74) is 2.43. The molecule has 2 aromatic rings. The Bertz CT molecular complexity index is 726. The Hall–Kier alpha value is -2.95. The van der Waals surface area contributed by atoms with Crippen LogP contribution in [-0.2, 0) is 0 Å². The van der Waals surface area contributed by atoms with E-state index in [0.717, 1.165) is 11.3 Å². The standard InChI is InChI=1S/C17H16N2O3/c1-22-16-11-13(7-8-15(16)20)19-10-9-14(18-17(19)21)12-5-3-2-4-6-12/h2-9,11,20H,10H2,1H3,(H,18,21). The van der Waals surface area contributed by atoms with Gasteiger partial charge in [-0.2, -0.15) is 0 Å². The molecule has 5 heteroatoms. The van der Waals surface area contributed by atoms with Gasteiger partial charge in [0.1, 0.15) is 0 Å². The number of phenols is 1. The van der Waals surface area contributed by atoms with E-state index in [9.17, 15) is 9.90 Å². The van der Waals surface area contributed by atoms with Gasteiger partial charge < -0.3 is 15.2 Å². The second-order valence-electron chi connectivity index (χ2n) is 4.88. The van der Waals surface area contributed by atoms with E-state index >= 15 is 0 Å². The van der Waals surface area contributed by atoms with E-state index in [2.05, 4.69) is 5.32 Å². The van der Waals surface area contributed by atoms with Crippen molar-refractivity contribution in [3.05, 3.63) is 60.2 Å². The van der Waals surface area contributed by atoms with E-state index in [-0.39, 0.29) is 11.8 Å². The summed E-state index contributed by atoms with van der Waals surface area (Å²) in [7, 11) is 1.47. The van der Waals surface area contributed by atoms with Crippen LogP contribution in [0.2, 0.25) is 0 Å². The Morgan fingerprint density at radius 3 is 2.64 bits per heavy atom. The van der Waals surface area contributed by atoms with Gasteiger partial charge in [-0.3, -0.25) is 4.90 Å². The van der Waals surface area contributed by atoms with Crippen molar-refractivity contribution in [1.82, 2.24) is 5.32 Å². The maximum Gasteiger partial charge on any atom is 0.326 e. The number of aromatic hydroxyl groups is 1. The molecule has 0 bridgehead atoms. The number of rotatable bonds is 3. The summed E-state index contributed by atoms with van der Waals surface area (Å²) in [6.45, 7) is 0.448. The number of amides is 2. The number of nitrogens with one attached hydrogen (secondary N) is 1. The van der Waals surface area contributed by atoms with Gasteiger partial charge >= 0.3 is 6.03 Å². The summed E-state index contributed by atoms with van der Waals surface area (Å²) >= 11 is 0. The lowest BCUT2D eigenvalue weighted by Crippen LogP contribution is -2.43. The van der Waals surface area contributed by atoms with E-state index in [4.69, 9.17) is 4.74 Å². The maximum atomic E-state index is 12.3. The minimum Gasteiger partial charge on any atom is -0.504 e. The van der Waals surface area contributed by atoms with Crippen LogP contribution in [-0.4, -0.2) is 24.8 Å². The summed E-state index contributed by atoms with van der Waals surface area (Å²) in [4.78, 5) is 13.9. The van der Waals surface area contributed by atoms with Crippen molar-refractivity contribution < 1.29 is 14.6 Å². The number of urea groups is 1. The fourth-order valence-electron chi connectivity index (χ4n) is 2.36. The first-order chi connectivity index (χ1) is 10.7. The molecule has 112 valence electrons. The summed E-state index contributed by atoms with van der Waals surface area (Å²) in [6.07, 6.45) is 1.95.